The molecule has 11 nitrogen and oxygen atoms in total. The first-order chi connectivity index (χ1) is 16.8. The van der Waals surface area contributed by atoms with Crippen LogP contribution in [0.15, 0.2) is 35.1 Å². The van der Waals surface area contributed by atoms with Gasteiger partial charge in [0, 0.05) is 18.0 Å². The first-order valence-electron chi connectivity index (χ1n) is 11.7. The van der Waals surface area contributed by atoms with E-state index in [1.165, 1.54) is 11.0 Å². The van der Waals surface area contributed by atoms with E-state index < -0.39 is 57.5 Å². The van der Waals surface area contributed by atoms with E-state index in [1.54, 1.807) is 40.1 Å². The largest absolute Gasteiger partial charge is 0.509 e. The molecule has 1 fully saturated rings. The van der Waals surface area contributed by atoms with Gasteiger partial charge in [-0.2, -0.15) is 5.48 Å². The molecule has 0 spiro atoms. The smallest absolute Gasteiger partial charge is 0.255 e. The first kappa shape index (κ1) is 25.8. The number of fused-ring (bicyclic) bond motifs is 3. The lowest BCUT2D eigenvalue weighted by molar-refractivity contribution is -0.171. The number of rotatable bonds is 6. The molecule has 0 aromatic heterocycles. The minimum Gasteiger partial charge on any atom is -0.509 e. The van der Waals surface area contributed by atoms with Gasteiger partial charge in [-0.25, -0.2) is 0 Å². The van der Waals surface area contributed by atoms with Crippen molar-refractivity contribution < 1.29 is 39.6 Å². The molecule has 11 heteroatoms. The second kappa shape index (κ2) is 8.70. The lowest BCUT2D eigenvalue weighted by Crippen LogP contribution is -2.74. The molecule has 1 amide bonds. The van der Waals surface area contributed by atoms with Gasteiger partial charge in [0.15, 0.2) is 5.60 Å². The Morgan fingerprint density at radius 3 is 2.47 bits per heavy atom. The number of aliphatic hydroxyl groups is 3. The number of hydroxylamine groups is 1. The monoisotopic (exact) mass is 501 g/mol. The van der Waals surface area contributed by atoms with Crippen LogP contribution >= 0.6 is 0 Å². The van der Waals surface area contributed by atoms with E-state index in [0.29, 0.717) is 5.56 Å². The molecule has 0 bridgehead atoms. The number of Topliss-reactive ketones (excluding diaryl/α,β-unsaturated/α-hetero) is 2. The Kier molecular flexibility index (Phi) is 6.24. The lowest BCUT2D eigenvalue weighted by Gasteiger charge is -2.56. The number of benzene rings is 1. The van der Waals surface area contributed by atoms with Crippen LogP contribution in [0.5, 0.6) is 5.75 Å². The minimum atomic E-state index is -2.82. The molecule has 3 aliphatic carbocycles. The van der Waals surface area contributed by atoms with Gasteiger partial charge in [-0.3, -0.25) is 24.1 Å². The van der Waals surface area contributed by atoms with E-state index >= 15 is 0 Å². The molecule has 194 valence electrons. The van der Waals surface area contributed by atoms with E-state index in [-0.39, 0.29) is 42.4 Å². The van der Waals surface area contributed by atoms with Crippen LogP contribution in [0, 0.1) is 11.8 Å². The predicted molar refractivity (Wildman–Crippen MR) is 127 cm³/mol. The number of nitrogens with two attached hydrogens (primary N) is 1. The Balaban J connectivity index is 1.97. The maximum absolute atomic E-state index is 13.9. The molecule has 0 unspecified atom stereocenters. The van der Waals surface area contributed by atoms with E-state index in [2.05, 4.69) is 5.48 Å². The Morgan fingerprint density at radius 1 is 1.22 bits per heavy atom. The Labute approximate surface area is 207 Å². The summed E-state index contributed by atoms with van der Waals surface area (Å²) in [6.45, 7) is 3.32. The number of nitrogens with one attached hydrogen (secondary N) is 1. The SMILES string of the molecule is CC(C)ONC[C@]1(N(C)C)C(O)=C(C(N)=O)C(=O)[C@@]2(O)C(=O)C3=C(O)c4c(O)cccc4C[C@H]3C[C@H]21. The number of amides is 1. The van der Waals surface area contributed by atoms with E-state index in [0.717, 1.165) is 0 Å². The normalized spacial score (nSPS) is 30.0. The van der Waals surface area contributed by atoms with Crippen molar-refractivity contribution in [2.45, 2.75) is 43.9 Å². The maximum Gasteiger partial charge on any atom is 0.255 e. The van der Waals surface area contributed by atoms with Crippen LogP contribution < -0.4 is 11.2 Å². The quantitative estimate of drug-likeness (QED) is 0.180. The Hall–Kier alpha value is -3.25. The standard InChI is InChI=1S/C25H31N3O8/c1-11(2)36-27-10-24(28(3)4)15-9-13-8-12-6-5-7-14(29)16(12)19(30)17(13)21(32)25(15,35)22(33)18(20(24)31)23(26)34/h5-7,11,13,15,27,29-31,35H,8-10H2,1-4H3,(H2,26,34)/t13-,15-,24+,25-/m0/s1. The van der Waals surface area contributed by atoms with Gasteiger partial charge in [0.05, 0.1) is 11.7 Å². The Bertz CT molecular complexity index is 1220. The number of hydrogen-bond acceptors (Lipinski definition) is 10. The van der Waals surface area contributed by atoms with Crippen LogP contribution in [0.1, 0.15) is 31.4 Å². The van der Waals surface area contributed by atoms with Crippen LogP contribution in [0.3, 0.4) is 0 Å². The van der Waals surface area contributed by atoms with Gasteiger partial charge in [-0.05, 0) is 58.3 Å². The summed E-state index contributed by atoms with van der Waals surface area (Å²) in [4.78, 5) is 46.8. The number of aromatic hydroxyl groups is 1. The number of carbonyl (C=O) groups is 3. The second-order valence-corrected chi connectivity index (χ2v) is 10.1. The highest BCUT2D eigenvalue weighted by Gasteiger charge is 2.70. The van der Waals surface area contributed by atoms with Crippen LogP contribution in [0.2, 0.25) is 0 Å². The van der Waals surface area contributed by atoms with Crippen LogP contribution in [-0.4, -0.2) is 80.7 Å². The summed E-state index contributed by atoms with van der Waals surface area (Å²) in [5.41, 5.74) is 3.27. The van der Waals surface area contributed by atoms with Crippen molar-refractivity contribution in [2.24, 2.45) is 17.6 Å². The van der Waals surface area contributed by atoms with Crippen LogP contribution in [-0.2, 0) is 25.6 Å². The fourth-order valence-electron chi connectivity index (χ4n) is 5.96. The molecule has 0 saturated heterocycles. The number of primary amides is 1. The molecular formula is C25H31N3O8. The fourth-order valence-corrected chi connectivity index (χ4v) is 5.96. The summed E-state index contributed by atoms with van der Waals surface area (Å²) in [5, 5.41) is 44.6. The molecular weight excluding hydrogens is 470 g/mol. The van der Waals surface area contributed by atoms with Gasteiger partial charge >= 0.3 is 0 Å². The average molecular weight is 502 g/mol. The number of ketones is 2. The minimum absolute atomic E-state index is 0.0138. The molecule has 4 rings (SSSR count). The number of nitrogens with zero attached hydrogens (tertiary/aromatic N) is 1. The van der Waals surface area contributed by atoms with Gasteiger partial charge in [-0.1, -0.05) is 12.1 Å². The van der Waals surface area contributed by atoms with Crippen molar-refractivity contribution in [1.29, 1.82) is 0 Å². The number of phenolic OH excluding ortho intramolecular Hbond substituents is 1. The van der Waals surface area contributed by atoms with Crippen LogP contribution in [0.4, 0.5) is 0 Å². The third kappa shape index (κ3) is 3.38. The van der Waals surface area contributed by atoms with E-state index in [4.69, 9.17) is 10.6 Å². The molecule has 4 atom stereocenters. The van der Waals surface area contributed by atoms with E-state index in [1.807, 2.05) is 0 Å². The van der Waals surface area contributed by atoms with E-state index in [9.17, 15) is 34.8 Å². The molecule has 0 radical (unpaired) electrons. The number of likely N-dealkylation sites (N-methyl/N-ethyl adjacent to an activating group) is 1. The molecule has 7 N–H and O–H groups in total. The van der Waals surface area contributed by atoms with Gasteiger partial charge in [0.1, 0.15) is 28.4 Å². The van der Waals surface area contributed by atoms with Gasteiger partial charge in [0.2, 0.25) is 11.6 Å². The van der Waals surface area contributed by atoms with Gasteiger partial charge < -0.3 is 26.2 Å². The Morgan fingerprint density at radius 2 is 1.89 bits per heavy atom. The van der Waals surface area contributed by atoms with Gasteiger partial charge in [-0.15, -0.1) is 0 Å². The summed E-state index contributed by atoms with van der Waals surface area (Å²) in [5.74, 6) is -7.06. The molecule has 0 heterocycles. The van der Waals surface area contributed by atoms with Crippen molar-refractivity contribution in [3.05, 3.63) is 46.2 Å². The molecule has 0 aliphatic heterocycles. The molecule has 1 aromatic rings. The van der Waals surface area contributed by atoms with Crippen molar-refractivity contribution >= 4 is 23.2 Å². The van der Waals surface area contributed by atoms with Crippen molar-refractivity contribution in [3.8, 4) is 5.75 Å². The van der Waals surface area contributed by atoms with Gasteiger partial charge in [0.25, 0.3) is 5.91 Å². The lowest BCUT2D eigenvalue weighted by atomic mass is 9.53. The molecule has 3 aliphatic rings. The zero-order valence-corrected chi connectivity index (χ0v) is 20.5. The summed E-state index contributed by atoms with van der Waals surface area (Å²) in [6.07, 6.45) is -0.0421. The number of phenols is 1. The third-order valence-electron chi connectivity index (χ3n) is 7.61. The summed E-state index contributed by atoms with van der Waals surface area (Å²) in [6, 6.07) is 4.68. The molecule has 36 heavy (non-hydrogen) atoms. The predicted octanol–water partition coefficient (Wildman–Crippen LogP) is 0.264. The topological polar surface area (TPSA) is 183 Å². The number of aliphatic hydroxyl groups excluding tert-OH is 2. The molecule has 1 aromatic carbocycles. The zero-order chi connectivity index (χ0) is 26.7. The second-order valence-electron chi connectivity index (χ2n) is 10.1. The highest BCUT2D eigenvalue weighted by Crippen LogP contribution is 2.55. The highest BCUT2D eigenvalue weighted by atomic mass is 16.7. The highest BCUT2D eigenvalue weighted by molar-refractivity contribution is 6.33. The summed E-state index contributed by atoms with van der Waals surface area (Å²) in [7, 11) is 3.15. The van der Waals surface area contributed by atoms with Crippen molar-refractivity contribution in [1.82, 2.24) is 10.4 Å². The summed E-state index contributed by atoms with van der Waals surface area (Å²) < 4.78 is 0. The van der Waals surface area contributed by atoms with Crippen molar-refractivity contribution in [3.63, 3.8) is 0 Å². The zero-order valence-electron chi connectivity index (χ0n) is 20.5. The number of hydrogen-bond donors (Lipinski definition) is 6. The fraction of sp³-hybridized carbons (Fsp3) is 0.480. The van der Waals surface area contributed by atoms with Crippen molar-refractivity contribution in [2.75, 3.05) is 20.6 Å². The van der Waals surface area contributed by atoms with Crippen LogP contribution in [0.25, 0.3) is 5.76 Å². The first-order valence-corrected chi connectivity index (χ1v) is 11.7. The maximum atomic E-state index is 13.9. The summed E-state index contributed by atoms with van der Waals surface area (Å²) >= 11 is 0. The average Bonchev–Trinajstić information content (AvgIpc) is 2.77. The molecule has 1 saturated carbocycles. The number of carbonyl (C=O) groups excluding carboxylic acids is 3. The third-order valence-corrected chi connectivity index (χ3v) is 7.61.